The van der Waals surface area contributed by atoms with Gasteiger partial charge in [-0.25, -0.2) is 0 Å². The van der Waals surface area contributed by atoms with Crippen LogP contribution in [-0.4, -0.2) is 52.9 Å². The van der Waals surface area contributed by atoms with E-state index in [4.69, 9.17) is 16.4 Å². The minimum absolute atomic E-state index is 0.129. The minimum Gasteiger partial charge on any atom is -0.396 e. The van der Waals surface area contributed by atoms with Crippen molar-refractivity contribution in [1.82, 2.24) is 13.6 Å². The molecule has 0 saturated carbocycles. The van der Waals surface area contributed by atoms with Crippen LogP contribution < -0.4 is 10.2 Å². The second-order valence-electron chi connectivity index (χ2n) is 7.40. The van der Waals surface area contributed by atoms with E-state index < -0.39 is 0 Å². The second kappa shape index (κ2) is 8.31. The third-order valence-electron chi connectivity index (χ3n) is 4.50. The first-order valence-corrected chi connectivity index (χ1v) is 9.96. The Hall–Kier alpha value is -2.06. The molecule has 0 atom stereocenters. The molecule has 146 valence electrons. The molecule has 0 amide bonds. The Morgan fingerprint density at radius 2 is 1.81 bits per heavy atom. The lowest BCUT2D eigenvalue weighted by Gasteiger charge is -2.36. The second-order valence-corrected chi connectivity index (χ2v) is 8.29. The van der Waals surface area contributed by atoms with E-state index in [9.17, 15) is 0 Å². The standard InChI is InChI=1S/C18H25ClN6OS/c1-18(2,3)13-5-7-14(8-6-13)20-17(21-26-4)25-11-9-24(10-12-25)16-15(19)22-27-23-16/h5-8H,9-12H2,1-4H3,(H,20,21). The maximum Gasteiger partial charge on any atom is 0.240 e. The molecular formula is C18H25ClN6OS. The van der Waals surface area contributed by atoms with E-state index in [0.29, 0.717) is 11.1 Å². The molecule has 1 aromatic carbocycles. The van der Waals surface area contributed by atoms with Crippen molar-refractivity contribution in [3.63, 3.8) is 0 Å². The largest absolute Gasteiger partial charge is 0.396 e. The molecule has 2 heterocycles. The van der Waals surface area contributed by atoms with Crippen LogP contribution >= 0.6 is 23.3 Å². The van der Waals surface area contributed by atoms with Crippen molar-refractivity contribution in [2.24, 2.45) is 5.16 Å². The molecule has 1 saturated heterocycles. The fourth-order valence-corrected chi connectivity index (χ4v) is 3.70. The molecule has 27 heavy (non-hydrogen) atoms. The monoisotopic (exact) mass is 408 g/mol. The molecule has 1 aliphatic rings. The van der Waals surface area contributed by atoms with Crippen molar-refractivity contribution in [1.29, 1.82) is 0 Å². The highest BCUT2D eigenvalue weighted by Crippen LogP contribution is 2.25. The summed E-state index contributed by atoms with van der Waals surface area (Å²) < 4.78 is 8.32. The summed E-state index contributed by atoms with van der Waals surface area (Å²) in [5.74, 6) is 1.46. The Bertz CT molecular complexity index is 778. The number of rotatable bonds is 3. The van der Waals surface area contributed by atoms with Gasteiger partial charge in [-0.1, -0.05) is 44.5 Å². The maximum atomic E-state index is 6.10. The number of hydrogen-bond donors (Lipinski definition) is 1. The van der Waals surface area contributed by atoms with E-state index in [2.05, 4.69) is 74.1 Å². The molecule has 9 heteroatoms. The average Bonchev–Trinajstić information content (AvgIpc) is 3.07. The van der Waals surface area contributed by atoms with Crippen LogP contribution in [0.25, 0.3) is 0 Å². The first-order valence-electron chi connectivity index (χ1n) is 8.85. The maximum absolute atomic E-state index is 6.10. The highest BCUT2D eigenvalue weighted by molar-refractivity contribution is 6.99. The lowest BCUT2D eigenvalue weighted by Crippen LogP contribution is -2.51. The molecule has 7 nitrogen and oxygen atoms in total. The van der Waals surface area contributed by atoms with Crippen LogP contribution in [0.4, 0.5) is 11.5 Å². The third kappa shape index (κ3) is 4.81. The summed E-state index contributed by atoms with van der Waals surface area (Å²) in [4.78, 5) is 9.36. The van der Waals surface area contributed by atoms with Gasteiger partial charge < -0.3 is 20.0 Å². The summed E-state index contributed by atoms with van der Waals surface area (Å²) in [6.07, 6.45) is 0. The Morgan fingerprint density at radius 3 is 2.33 bits per heavy atom. The summed E-state index contributed by atoms with van der Waals surface area (Å²) >= 11 is 7.24. The van der Waals surface area contributed by atoms with Gasteiger partial charge in [0.2, 0.25) is 5.96 Å². The van der Waals surface area contributed by atoms with Crippen molar-refractivity contribution < 1.29 is 4.84 Å². The van der Waals surface area contributed by atoms with Gasteiger partial charge in [0.05, 0.1) is 11.7 Å². The molecule has 1 fully saturated rings. The van der Waals surface area contributed by atoms with Crippen LogP contribution in [0.3, 0.4) is 0 Å². The zero-order valence-corrected chi connectivity index (χ0v) is 17.6. The van der Waals surface area contributed by atoms with Gasteiger partial charge in [0.1, 0.15) is 7.11 Å². The summed E-state index contributed by atoms with van der Waals surface area (Å²) in [6.45, 7) is 9.76. The molecule has 2 aromatic rings. The van der Waals surface area contributed by atoms with E-state index >= 15 is 0 Å². The number of piperazine rings is 1. The third-order valence-corrected chi connectivity index (χ3v) is 5.37. The topological polar surface area (TPSA) is 65.9 Å². The lowest BCUT2D eigenvalue weighted by atomic mass is 9.87. The van der Waals surface area contributed by atoms with Crippen molar-refractivity contribution >= 4 is 40.8 Å². The van der Waals surface area contributed by atoms with E-state index in [1.54, 1.807) is 7.11 Å². The highest BCUT2D eigenvalue weighted by Gasteiger charge is 2.24. The number of benzene rings is 1. The molecule has 0 spiro atoms. The van der Waals surface area contributed by atoms with Crippen molar-refractivity contribution in [2.45, 2.75) is 26.2 Å². The SMILES string of the molecule is CO/N=C(/Nc1ccc(C(C)(C)C)cc1)N1CCN(c2nsnc2Cl)CC1. The number of nitrogens with zero attached hydrogens (tertiary/aromatic N) is 5. The van der Waals surface area contributed by atoms with Crippen LogP contribution in [0.15, 0.2) is 29.4 Å². The van der Waals surface area contributed by atoms with Crippen LogP contribution in [0.1, 0.15) is 26.3 Å². The predicted molar refractivity (Wildman–Crippen MR) is 112 cm³/mol. The van der Waals surface area contributed by atoms with E-state index in [0.717, 1.165) is 49.4 Å². The van der Waals surface area contributed by atoms with Gasteiger partial charge in [0.15, 0.2) is 11.0 Å². The summed E-state index contributed by atoms with van der Waals surface area (Å²) in [5.41, 5.74) is 2.40. The summed E-state index contributed by atoms with van der Waals surface area (Å²) in [7, 11) is 1.56. The van der Waals surface area contributed by atoms with Gasteiger partial charge in [0, 0.05) is 31.9 Å². The highest BCUT2D eigenvalue weighted by atomic mass is 35.5. The Balaban J connectivity index is 1.65. The van der Waals surface area contributed by atoms with Gasteiger partial charge in [-0.2, -0.15) is 8.75 Å². The molecule has 1 aromatic heterocycles. The number of nitrogens with one attached hydrogen (secondary N) is 1. The number of halogens is 1. The minimum atomic E-state index is 0.129. The zero-order valence-electron chi connectivity index (χ0n) is 16.1. The van der Waals surface area contributed by atoms with E-state index in [-0.39, 0.29) is 5.41 Å². The molecule has 0 radical (unpaired) electrons. The van der Waals surface area contributed by atoms with Crippen LogP contribution in [-0.2, 0) is 10.3 Å². The average molecular weight is 409 g/mol. The molecule has 0 unspecified atom stereocenters. The Kier molecular flexibility index (Phi) is 6.06. The number of oxime groups is 1. The first kappa shape index (κ1) is 19.7. The van der Waals surface area contributed by atoms with Gasteiger partial charge >= 0.3 is 0 Å². The molecule has 3 rings (SSSR count). The van der Waals surface area contributed by atoms with Gasteiger partial charge in [-0.05, 0) is 28.3 Å². The Labute approximate surface area is 169 Å². The molecule has 1 aliphatic heterocycles. The molecule has 1 N–H and O–H groups in total. The number of hydrogen-bond acceptors (Lipinski definition) is 6. The van der Waals surface area contributed by atoms with Crippen molar-refractivity contribution in [3.05, 3.63) is 35.0 Å². The lowest BCUT2D eigenvalue weighted by molar-refractivity contribution is 0.204. The predicted octanol–water partition coefficient (Wildman–Crippen LogP) is 3.64. The van der Waals surface area contributed by atoms with Crippen LogP contribution in [0.2, 0.25) is 5.15 Å². The van der Waals surface area contributed by atoms with Gasteiger partial charge in [-0.3, -0.25) is 0 Å². The zero-order chi connectivity index (χ0) is 19.4. The summed E-state index contributed by atoms with van der Waals surface area (Å²) in [6, 6.07) is 8.43. The van der Waals surface area contributed by atoms with Crippen LogP contribution in [0, 0.1) is 0 Å². The fraction of sp³-hybridized carbons (Fsp3) is 0.500. The Morgan fingerprint density at radius 1 is 1.15 bits per heavy atom. The first-order chi connectivity index (χ1) is 12.9. The molecule has 0 aliphatic carbocycles. The van der Waals surface area contributed by atoms with E-state index in [1.807, 2.05) is 0 Å². The smallest absolute Gasteiger partial charge is 0.240 e. The van der Waals surface area contributed by atoms with E-state index in [1.165, 1.54) is 5.56 Å². The molecular weight excluding hydrogens is 384 g/mol. The van der Waals surface area contributed by atoms with Gasteiger partial charge in [-0.15, -0.1) is 0 Å². The quantitative estimate of drug-likeness (QED) is 0.475. The number of anilines is 2. The van der Waals surface area contributed by atoms with Crippen LogP contribution in [0.5, 0.6) is 0 Å². The normalized spacial score (nSPS) is 15.8. The fourth-order valence-electron chi connectivity index (χ4n) is 2.92. The van der Waals surface area contributed by atoms with Gasteiger partial charge in [0.25, 0.3) is 0 Å². The van der Waals surface area contributed by atoms with Crippen molar-refractivity contribution in [2.75, 3.05) is 43.5 Å². The van der Waals surface area contributed by atoms with Crippen molar-refractivity contribution in [3.8, 4) is 0 Å². The number of aromatic nitrogens is 2. The number of guanidine groups is 1. The molecule has 0 bridgehead atoms. The summed E-state index contributed by atoms with van der Waals surface area (Å²) in [5, 5.41) is 8.02.